The summed E-state index contributed by atoms with van der Waals surface area (Å²) in [6.45, 7) is 4.19. The van der Waals surface area contributed by atoms with E-state index in [-0.39, 0.29) is 12.0 Å². The monoisotopic (exact) mass is 187 g/mol. The van der Waals surface area contributed by atoms with E-state index in [4.69, 9.17) is 10.9 Å². The molecule has 4 heteroatoms. The number of hydroxylamine groups is 1. The molecular formula is C9H21N3O. The van der Waals surface area contributed by atoms with Gasteiger partial charge in [-0.05, 0) is 13.3 Å². The lowest BCUT2D eigenvalue weighted by Gasteiger charge is -2.06. The summed E-state index contributed by atoms with van der Waals surface area (Å²) in [5.41, 5.74) is 7.12. The smallest absolute Gasteiger partial charge is 0.213 e. The third-order valence-electron chi connectivity index (χ3n) is 1.95. The van der Waals surface area contributed by atoms with E-state index in [1.165, 1.54) is 25.7 Å². The van der Waals surface area contributed by atoms with Crippen molar-refractivity contribution in [1.29, 1.82) is 0 Å². The molecule has 4 nitrogen and oxygen atoms in total. The number of hydrogen-bond acceptors (Lipinski definition) is 2. The van der Waals surface area contributed by atoms with E-state index < -0.39 is 0 Å². The lowest BCUT2D eigenvalue weighted by atomic mass is 10.1. The molecule has 0 aliphatic carbocycles. The Hall–Kier alpha value is -0.770. The predicted octanol–water partition coefficient (Wildman–Crippen LogP) is 1.64. The van der Waals surface area contributed by atoms with Crippen LogP contribution in [0.3, 0.4) is 0 Å². The quantitative estimate of drug-likeness (QED) is 0.256. The van der Waals surface area contributed by atoms with Crippen molar-refractivity contribution in [2.24, 2.45) is 10.7 Å². The van der Waals surface area contributed by atoms with Gasteiger partial charge in [-0.3, -0.25) is 5.21 Å². The fourth-order valence-electron chi connectivity index (χ4n) is 1.20. The summed E-state index contributed by atoms with van der Waals surface area (Å²) < 4.78 is 0. The zero-order valence-corrected chi connectivity index (χ0v) is 8.58. The first-order valence-electron chi connectivity index (χ1n) is 4.94. The Morgan fingerprint density at radius 1 is 1.46 bits per heavy atom. The maximum absolute atomic E-state index is 8.39. The van der Waals surface area contributed by atoms with Crippen molar-refractivity contribution >= 4 is 5.96 Å². The van der Waals surface area contributed by atoms with E-state index in [0.717, 1.165) is 6.42 Å². The Bertz CT molecular complexity index is 148. The van der Waals surface area contributed by atoms with E-state index in [1.807, 2.05) is 12.4 Å². The average Bonchev–Trinajstić information content (AvgIpc) is 2.12. The molecule has 0 aliphatic heterocycles. The first-order valence-corrected chi connectivity index (χ1v) is 4.94. The molecule has 0 amide bonds. The fourth-order valence-corrected chi connectivity index (χ4v) is 1.20. The molecule has 1 atom stereocenters. The molecule has 78 valence electrons. The number of unbranched alkanes of at least 4 members (excludes halogenated alkanes) is 3. The number of rotatable bonds is 6. The predicted molar refractivity (Wildman–Crippen MR) is 54.8 cm³/mol. The highest BCUT2D eigenvalue weighted by atomic mass is 16.5. The zero-order valence-electron chi connectivity index (χ0n) is 8.58. The van der Waals surface area contributed by atoms with Gasteiger partial charge in [0.15, 0.2) is 0 Å². The summed E-state index contributed by atoms with van der Waals surface area (Å²) in [5.74, 6) is 0.1000. The molecule has 0 aliphatic rings. The van der Waals surface area contributed by atoms with Gasteiger partial charge in [0.25, 0.3) is 0 Å². The van der Waals surface area contributed by atoms with Crippen LogP contribution in [0.2, 0.25) is 0 Å². The van der Waals surface area contributed by atoms with Crippen molar-refractivity contribution in [1.82, 2.24) is 5.48 Å². The average molecular weight is 187 g/mol. The van der Waals surface area contributed by atoms with Gasteiger partial charge < -0.3 is 5.73 Å². The Morgan fingerprint density at radius 2 is 2.15 bits per heavy atom. The molecule has 0 aromatic carbocycles. The first-order chi connectivity index (χ1) is 6.20. The Labute approximate surface area is 80.2 Å². The van der Waals surface area contributed by atoms with Crippen LogP contribution in [0.4, 0.5) is 0 Å². The molecule has 0 bridgehead atoms. The largest absolute Gasteiger partial charge is 0.368 e. The molecule has 0 saturated carbocycles. The van der Waals surface area contributed by atoms with Gasteiger partial charge in [0.2, 0.25) is 5.96 Å². The van der Waals surface area contributed by atoms with Crippen LogP contribution in [0.5, 0.6) is 0 Å². The van der Waals surface area contributed by atoms with Gasteiger partial charge in [-0.2, -0.15) is 0 Å². The Balaban J connectivity index is 3.45. The summed E-state index contributed by atoms with van der Waals surface area (Å²) in [7, 11) is 0. The minimum atomic E-state index is 0.1000. The molecule has 0 saturated heterocycles. The van der Waals surface area contributed by atoms with E-state index in [1.54, 1.807) is 0 Å². The van der Waals surface area contributed by atoms with Crippen LogP contribution in [0.25, 0.3) is 0 Å². The summed E-state index contributed by atoms with van der Waals surface area (Å²) in [6.07, 6.45) is 5.99. The van der Waals surface area contributed by atoms with Crippen molar-refractivity contribution in [3.05, 3.63) is 0 Å². The SMILES string of the molecule is CCCCCCC(C)N=C(N)NO. The number of nitrogens with zero attached hydrogens (tertiary/aromatic N) is 1. The molecule has 0 spiro atoms. The van der Waals surface area contributed by atoms with Gasteiger partial charge in [0, 0.05) is 0 Å². The summed E-state index contributed by atoms with van der Waals surface area (Å²) in [4.78, 5) is 4.03. The van der Waals surface area contributed by atoms with Crippen molar-refractivity contribution in [3.8, 4) is 0 Å². The molecule has 0 heterocycles. The second-order valence-electron chi connectivity index (χ2n) is 3.32. The number of aliphatic imine (C=N–C) groups is 1. The van der Waals surface area contributed by atoms with Gasteiger partial charge in [-0.25, -0.2) is 10.5 Å². The first kappa shape index (κ1) is 12.2. The van der Waals surface area contributed by atoms with Crippen LogP contribution in [0.15, 0.2) is 4.99 Å². The summed E-state index contributed by atoms with van der Waals surface area (Å²) in [6, 6.07) is 0.191. The van der Waals surface area contributed by atoms with Gasteiger partial charge in [0.05, 0.1) is 6.04 Å². The van der Waals surface area contributed by atoms with Crippen LogP contribution in [0.1, 0.15) is 46.0 Å². The Kier molecular flexibility index (Phi) is 7.39. The second-order valence-corrected chi connectivity index (χ2v) is 3.32. The number of nitrogens with one attached hydrogen (secondary N) is 1. The normalized spacial score (nSPS) is 14.2. The summed E-state index contributed by atoms with van der Waals surface area (Å²) in [5, 5.41) is 8.39. The molecule has 0 aromatic heterocycles. The van der Waals surface area contributed by atoms with E-state index in [9.17, 15) is 0 Å². The van der Waals surface area contributed by atoms with Crippen LogP contribution in [0, 0.1) is 0 Å². The summed E-state index contributed by atoms with van der Waals surface area (Å²) >= 11 is 0. The van der Waals surface area contributed by atoms with Gasteiger partial charge >= 0.3 is 0 Å². The molecule has 0 rings (SSSR count). The molecule has 4 N–H and O–H groups in total. The van der Waals surface area contributed by atoms with Crippen LogP contribution in [-0.2, 0) is 0 Å². The van der Waals surface area contributed by atoms with E-state index >= 15 is 0 Å². The van der Waals surface area contributed by atoms with E-state index in [2.05, 4.69) is 11.9 Å². The van der Waals surface area contributed by atoms with Crippen molar-refractivity contribution in [2.45, 2.75) is 52.0 Å². The highest BCUT2D eigenvalue weighted by Crippen LogP contribution is 2.07. The second kappa shape index (κ2) is 7.86. The number of nitrogens with two attached hydrogens (primary N) is 1. The van der Waals surface area contributed by atoms with Crippen molar-refractivity contribution in [3.63, 3.8) is 0 Å². The minimum absolute atomic E-state index is 0.1000. The maximum Gasteiger partial charge on any atom is 0.213 e. The topological polar surface area (TPSA) is 70.6 Å². The molecule has 0 aromatic rings. The molecule has 13 heavy (non-hydrogen) atoms. The van der Waals surface area contributed by atoms with Gasteiger partial charge in [-0.15, -0.1) is 0 Å². The molecule has 0 fully saturated rings. The standard InChI is InChI=1S/C9H21N3O/c1-3-4-5-6-7-8(2)11-9(10)12-13/h8,13H,3-7H2,1-2H3,(H3,10,11,12). The minimum Gasteiger partial charge on any atom is -0.368 e. The van der Waals surface area contributed by atoms with Crippen LogP contribution < -0.4 is 11.2 Å². The van der Waals surface area contributed by atoms with Gasteiger partial charge in [-0.1, -0.05) is 32.6 Å². The fraction of sp³-hybridized carbons (Fsp3) is 0.889. The van der Waals surface area contributed by atoms with E-state index in [0.29, 0.717) is 0 Å². The number of guanidine groups is 1. The lowest BCUT2D eigenvalue weighted by molar-refractivity contribution is 0.232. The number of hydrogen-bond donors (Lipinski definition) is 3. The van der Waals surface area contributed by atoms with Crippen LogP contribution in [-0.4, -0.2) is 17.2 Å². The Morgan fingerprint density at radius 3 is 2.69 bits per heavy atom. The van der Waals surface area contributed by atoms with Crippen LogP contribution >= 0.6 is 0 Å². The zero-order chi connectivity index (χ0) is 10.1. The van der Waals surface area contributed by atoms with Gasteiger partial charge in [0.1, 0.15) is 0 Å². The molecule has 1 unspecified atom stereocenters. The van der Waals surface area contributed by atoms with Crippen molar-refractivity contribution < 1.29 is 5.21 Å². The highest BCUT2D eigenvalue weighted by molar-refractivity contribution is 5.76. The molecular weight excluding hydrogens is 166 g/mol. The third kappa shape index (κ3) is 7.59. The molecule has 0 radical (unpaired) electrons. The third-order valence-corrected chi connectivity index (χ3v) is 1.95. The van der Waals surface area contributed by atoms with Crippen molar-refractivity contribution in [2.75, 3.05) is 0 Å². The maximum atomic E-state index is 8.39. The lowest BCUT2D eigenvalue weighted by Crippen LogP contribution is -2.29. The highest BCUT2D eigenvalue weighted by Gasteiger charge is 1.99.